The second-order valence-electron chi connectivity index (χ2n) is 3.16. The van der Waals surface area contributed by atoms with Crippen molar-refractivity contribution in [3.63, 3.8) is 0 Å². The largest absolute Gasteiger partial charge is 0.285 e. The summed E-state index contributed by atoms with van der Waals surface area (Å²) in [7, 11) is 0. The molecule has 1 unspecified atom stereocenters. The highest BCUT2D eigenvalue weighted by molar-refractivity contribution is 5.48. The fraction of sp³-hybridized carbons (Fsp3) is 0.182. The third-order valence-corrected chi connectivity index (χ3v) is 2.32. The lowest BCUT2D eigenvalue weighted by atomic mass is 9.93. The summed E-state index contributed by atoms with van der Waals surface area (Å²) < 4.78 is 0. The van der Waals surface area contributed by atoms with Gasteiger partial charge in [0.2, 0.25) is 6.41 Å². The molecule has 0 saturated heterocycles. The van der Waals surface area contributed by atoms with Crippen LogP contribution in [0.3, 0.4) is 0 Å². The van der Waals surface area contributed by atoms with Crippen LogP contribution in [-0.2, 0) is 11.2 Å². The highest BCUT2D eigenvalue weighted by atomic mass is 16.5. The van der Waals surface area contributed by atoms with Gasteiger partial charge in [-0.05, 0) is 23.6 Å². The third kappa shape index (κ3) is 1.42. The Morgan fingerprint density at radius 3 is 3.07 bits per heavy atom. The van der Waals surface area contributed by atoms with Crippen LogP contribution in [0.15, 0.2) is 30.3 Å². The number of amides is 1. The maximum absolute atomic E-state index is 10.4. The number of rotatable bonds is 2. The Kier molecular flexibility index (Phi) is 2.33. The molecular weight excluding hydrogens is 178 g/mol. The first-order chi connectivity index (χ1) is 6.83. The van der Waals surface area contributed by atoms with Crippen LogP contribution in [0.4, 0.5) is 0 Å². The van der Waals surface area contributed by atoms with E-state index in [-0.39, 0.29) is 0 Å². The molecule has 1 aromatic carbocycles. The molecule has 0 bridgehead atoms. The first-order valence-corrected chi connectivity index (χ1v) is 4.41. The van der Waals surface area contributed by atoms with Gasteiger partial charge in [0.25, 0.3) is 0 Å². The van der Waals surface area contributed by atoms with Crippen molar-refractivity contribution < 1.29 is 10.0 Å². The lowest BCUT2D eigenvalue weighted by molar-refractivity contribution is -0.157. The molecule has 1 aromatic rings. The van der Waals surface area contributed by atoms with Gasteiger partial charge in [-0.25, -0.2) is 5.06 Å². The zero-order valence-electron chi connectivity index (χ0n) is 7.55. The van der Waals surface area contributed by atoms with Gasteiger partial charge in [-0.2, -0.15) is 0 Å². The summed E-state index contributed by atoms with van der Waals surface area (Å²) in [5.41, 5.74) is 2.06. The predicted molar refractivity (Wildman–Crippen MR) is 50.4 cm³/mol. The Bertz CT molecular complexity index is 373. The van der Waals surface area contributed by atoms with Crippen molar-refractivity contribution in [3.05, 3.63) is 47.5 Å². The van der Waals surface area contributed by atoms with Gasteiger partial charge in [-0.15, -0.1) is 0 Å². The van der Waals surface area contributed by atoms with Crippen LogP contribution in [0.5, 0.6) is 0 Å². The van der Waals surface area contributed by atoms with Crippen LogP contribution in [0.25, 0.3) is 0 Å². The lowest BCUT2D eigenvalue weighted by Gasteiger charge is -2.24. The quantitative estimate of drug-likeness (QED) is 0.434. The SMILES string of the molecule is O=CN(O)C1[C]=CCc2ccccc21. The summed E-state index contributed by atoms with van der Waals surface area (Å²) in [6.07, 6.45) is 5.98. The predicted octanol–water partition coefficient (Wildman–Crippen LogP) is 1.49. The first-order valence-electron chi connectivity index (χ1n) is 4.41. The van der Waals surface area contributed by atoms with Crippen molar-refractivity contribution in [2.45, 2.75) is 12.5 Å². The summed E-state index contributed by atoms with van der Waals surface area (Å²) in [6.45, 7) is 0. The number of carbonyl (C=O) groups excluding carboxylic acids is 1. The van der Waals surface area contributed by atoms with Crippen molar-refractivity contribution in [1.29, 1.82) is 0 Å². The van der Waals surface area contributed by atoms with E-state index in [4.69, 9.17) is 0 Å². The van der Waals surface area contributed by atoms with Crippen molar-refractivity contribution in [3.8, 4) is 0 Å². The fourth-order valence-electron chi connectivity index (χ4n) is 1.64. The van der Waals surface area contributed by atoms with E-state index in [0.717, 1.165) is 17.5 Å². The first kappa shape index (κ1) is 8.97. The topological polar surface area (TPSA) is 40.5 Å². The normalized spacial score (nSPS) is 18.8. The van der Waals surface area contributed by atoms with Gasteiger partial charge in [0.05, 0.1) is 0 Å². The molecule has 1 radical (unpaired) electrons. The Hall–Kier alpha value is -1.61. The smallest absolute Gasteiger partial charge is 0.234 e. The van der Waals surface area contributed by atoms with Crippen molar-refractivity contribution in [2.75, 3.05) is 0 Å². The minimum atomic E-state index is -0.461. The molecule has 1 amide bonds. The Morgan fingerprint density at radius 2 is 2.29 bits per heavy atom. The number of carbonyl (C=O) groups is 1. The van der Waals surface area contributed by atoms with Gasteiger partial charge in [0.1, 0.15) is 6.04 Å². The minimum Gasteiger partial charge on any atom is -0.285 e. The molecule has 1 aliphatic carbocycles. The van der Waals surface area contributed by atoms with E-state index in [0.29, 0.717) is 11.5 Å². The number of allylic oxidation sites excluding steroid dienone is 1. The van der Waals surface area contributed by atoms with Crippen LogP contribution in [-0.4, -0.2) is 16.7 Å². The summed E-state index contributed by atoms with van der Waals surface area (Å²) in [5, 5.41) is 9.95. The molecule has 2 rings (SSSR count). The van der Waals surface area contributed by atoms with Crippen molar-refractivity contribution in [1.82, 2.24) is 5.06 Å². The number of hydrogen-bond donors (Lipinski definition) is 1. The molecule has 3 nitrogen and oxygen atoms in total. The average Bonchev–Trinajstić information content (AvgIpc) is 2.27. The van der Waals surface area contributed by atoms with Gasteiger partial charge in [-0.1, -0.05) is 30.3 Å². The van der Waals surface area contributed by atoms with Gasteiger partial charge < -0.3 is 0 Å². The van der Waals surface area contributed by atoms with Crippen LogP contribution in [0, 0.1) is 6.08 Å². The molecule has 1 N–H and O–H groups in total. The summed E-state index contributed by atoms with van der Waals surface area (Å²) in [4.78, 5) is 10.4. The second kappa shape index (κ2) is 3.64. The van der Waals surface area contributed by atoms with Gasteiger partial charge in [-0.3, -0.25) is 10.0 Å². The van der Waals surface area contributed by atoms with E-state index in [1.54, 1.807) is 0 Å². The number of benzene rings is 1. The maximum atomic E-state index is 10.4. The summed E-state index contributed by atoms with van der Waals surface area (Å²) >= 11 is 0. The van der Waals surface area contributed by atoms with E-state index in [2.05, 4.69) is 6.08 Å². The number of hydrogen-bond acceptors (Lipinski definition) is 2. The lowest BCUT2D eigenvalue weighted by Crippen LogP contribution is -2.24. The van der Waals surface area contributed by atoms with Gasteiger partial charge in [0, 0.05) is 0 Å². The monoisotopic (exact) mass is 188 g/mol. The Balaban J connectivity index is 2.40. The summed E-state index contributed by atoms with van der Waals surface area (Å²) in [5.74, 6) is 0. The van der Waals surface area contributed by atoms with E-state index < -0.39 is 6.04 Å². The highest BCUT2D eigenvalue weighted by Gasteiger charge is 2.20. The average molecular weight is 188 g/mol. The number of fused-ring (bicyclic) bond motifs is 1. The van der Waals surface area contributed by atoms with E-state index in [1.807, 2.05) is 30.3 Å². The fourth-order valence-corrected chi connectivity index (χ4v) is 1.64. The van der Waals surface area contributed by atoms with Gasteiger partial charge in [0.15, 0.2) is 0 Å². The summed E-state index contributed by atoms with van der Waals surface area (Å²) in [6, 6.07) is 7.25. The van der Waals surface area contributed by atoms with E-state index in [9.17, 15) is 10.0 Å². The molecule has 0 heterocycles. The molecule has 0 aromatic heterocycles. The van der Waals surface area contributed by atoms with Crippen LogP contribution in [0.2, 0.25) is 0 Å². The standard InChI is InChI=1S/C11H10NO2/c13-8-12(14)11-7-3-5-9-4-1-2-6-10(9)11/h1-4,6,8,11,14H,5H2. The Morgan fingerprint density at radius 1 is 1.50 bits per heavy atom. The van der Waals surface area contributed by atoms with Crippen LogP contribution in [0.1, 0.15) is 17.2 Å². The van der Waals surface area contributed by atoms with Crippen molar-refractivity contribution >= 4 is 6.41 Å². The second-order valence-corrected chi connectivity index (χ2v) is 3.16. The molecule has 71 valence electrons. The molecule has 1 aliphatic rings. The zero-order chi connectivity index (χ0) is 9.97. The molecule has 0 saturated carbocycles. The Labute approximate surface area is 82.2 Å². The molecule has 3 heteroatoms. The number of hydroxylamine groups is 2. The van der Waals surface area contributed by atoms with Gasteiger partial charge >= 0.3 is 0 Å². The van der Waals surface area contributed by atoms with E-state index >= 15 is 0 Å². The molecule has 14 heavy (non-hydrogen) atoms. The van der Waals surface area contributed by atoms with Crippen molar-refractivity contribution in [2.24, 2.45) is 0 Å². The minimum absolute atomic E-state index is 0.396. The third-order valence-electron chi connectivity index (χ3n) is 2.32. The number of nitrogens with zero attached hydrogens (tertiary/aromatic N) is 1. The van der Waals surface area contributed by atoms with Crippen LogP contribution < -0.4 is 0 Å². The molecule has 0 fully saturated rings. The highest BCUT2D eigenvalue weighted by Crippen LogP contribution is 2.27. The zero-order valence-corrected chi connectivity index (χ0v) is 7.55. The molecule has 0 spiro atoms. The maximum Gasteiger partial charge on any atom is 0.234 e. The van der Waals surface area contributed by atoms with Crippen LogP contribution >= 0.6 is 0 Å². The molecule has 0 aliphatic heterocycles. The molecule has 1 atom stereocenters. The van der Waals surface area contributed by atoms with E-state index in [1.165, 1.54) is 0 Å². The molecular formula is C11H10NO2.